The van der Waals surface area contributed by atoms with Crippen molar-refractivity contribution in [1.29, 1.82) is 0 Å². The van der Waals surface area contributed by atoms with Gasteiger partial charge in [-0.3, -0.25) is 9.78 Å². The maximum absolute atomic E-state index is 12.6. The first-order valence-electron chi connectivity index (χ1n) is 12.0. The van der Waals surface area contributed by atoms with Gasteiger partial charge < -0.3 is 0 Å². The number of carbonyl (C=O) groups is 1. The summed E-state index contributed by atoms with van der Waals surface area (Å²) >= 11 is 1.49. The van der Waals surface area contributed by atoms with E-state index in [9.17, 15) is 4.79 Å². The van der Waals surface area contributed by atoms with Crippen molar-refractivity contribution >= 4 is 34.8 Å². The minimum absolute atomic E-state index is 0.177. The molecule has 0 bridgehead atoms. The molecule has 1 amide bonds. The Balaban J connectivity index is 1.32. The van der Waals surface area contributed by atoms with Gasteiger partial charge in [0.05, 0.1) is 23.2 Å². The summed E-state index contributed by atoms with van der Waals surface area (Å²) in [6.45, 7) is 6.08. The molecule has 5 rings (SSSR count). The summed E-state index contributed by atoms with van der Waals surface area (Å²) in [7, 11) is 0. The van der Waals surface area contributed by atoms with Gasteiger partial charge in [0.15, 0.2) is 0 Å². The van der Waals surface area contributed by atoms with Crippen LogP contribution < -0.4 is 5.43 Å². The number of hydrazone groups is 1. The number of carbonyl (C=O) groups excluding carboxylic acids is 1. The summed E-state index contributed by atoms with van der Waals surface area (Å²) < 4.78 is 1.83. The smallest absolute Gasteiger partial charge is 0.250 e. The Morgan fingerprint density at radius 1 is 1.00 bits per heavy atom. The van der Waals surface area contributed by atoms with E-state index >= 15 is 0 Å². The van der Waals surface area contributed by atoms with Crippen LogP contribution >= 0.6 is 11.8 Å². The summed E-state index contributed by atoms with van der Waals surface area (Å²) in [5.74, 6) is 0.0710. The second-order valence-corrected chi connectivity index (χ2v) is 9.91. The van der Waals surface area contributed by atoms with E-state index in [1.165, 1.54) is 17.3 Å². The molecule has 0 atom stereocenters. The maximum Gasteiger partial charge on any atom is 0.250 e. The average Bonchev–Trinajstić information content (AvgIpc) is 3.33. The number of nitrogens with one attached hydrogen (secondary N) is 1. The van der Waals surface area contributed by atoms with E-state index < -0.39 is 0 Å². The van der Waals surface area contributed by atoms with Crippen molar-refractivity contribution in [3.63, 3.8) is 0 Å². The highest BCUT2D eigenvalue weighted by molar-refractivity contribution is 8.00. The highest BCUT2D eigenvalue weighted by Crippen LogP contribution is 2.29. The van der Waals surface area contributed by atoms with E-state index in [1.807, 2.05) is 78.5 Å². The van der Waals surface area contributed by atoms with Crippen molar-refractivity contribution in [3.05, 3.63) is 107 Å². The lowest BCUT2D eigenvalue weighted by molar-refractivity contribution is -0.118. The molecule has 184 valence electrons. The van der Waals surface area contributed by atoms with Crippen molar-refractivity contribution in [2.24, 2.45) is 5.10 Å². The summed E-state index contributed by atoms with van der Waals surface area (Å²) in [6, 6.07) is 26.3. The molecule has 0 unspecified atom stereocenters. The molecule has 5 aromatic rings. The zero-order chi connectivity index (χ0) is 25.8. The Kier molecular flexibility index (Phi) is 7.14. The molecule has 0 aliphatic heterocycles. The van der Waals surface area contributed by atoms with Gasteiger partial charge in [0, 0.05) is 33.3 Å². The molecule has 6 nitrogen and oxygen atoms in total. The van der Waals surface area contributed by atoms with Crippen LogP contribution in [-0.4, -0.2) is 32.6 Å². The van der Waals surface area contributed by atoms with Crippen molar-refractivity contribution in [3.8, 4) is 16.9 Å². The molecule has 0 spiro atoms. The molecular formula is C30H27N5OS. The van der Waals surface area contributed by atoms with Gasteiger partial charge in [-0.1, -0.05) is 66.2 Å². The first-order chi connectivity index (χ1) is 18.0. The second-order valence-electron chi connectivity index (χ2n) is 8.89. The number of hydrogen-bond donors (Lipinski definition) is 1. The fraction of sp³-hybridized carbons (Fsp3) is 0.133. The SMILES string of the molecule is Cc1ccc(-c2nn(-c3ccccc3)cc2/C=N\NC(=O)CSc2cc(C)nc3c(C)cccc23)cc1. The van der Waals surface area contributed by atoms with Crippen LogP contribution in [0.3, 0.4) is 0 Å². The van der Waals surface area contributed by atoms with Crippen LogP contribution in [-0.2, 0) is 4.79 Å². The number of benzene rings is 3. The van der Waals surface area contributed by atoms with Gasteiger partial charge in [0.2, 0.25) is 5.91 Å². The molecule has 0 aliphatic carbocycles. The van der Waals surface area contributed by atoms with Crippen molar-refractivity contribution < 1.29 is 4.79 Å². The third-order valence-electron chi connectivity index (χ3n) is 5.97. The van der Waals surface area contributed by atoms with Gasteiger partial charge in [-0.2, -0.15) is 10.2 Å². The molecule has 0 saturated heterocycles. The van der Waals surface area contributed by atoms with Crippen LogP contribution in [0.2, 0.25) is 0 Å². The number of fused-ring (bicyclic) bond motifs is 1. The summed E-state index contributed by atoms with van der Waals surface area (Å²) in [4.78, 5) is 18.3. The molecule has 37 heavy (non-hydrogen) atoms. The normalized spacial score (nSPS) is 11.3. The fourth-order valence-corrected chi connectivity index (χ4v) is 5.01. The van der Waals surface area contributed by atoms with Crippen LogP contribution in [0.5, 0.6) is 0 Å². The molecule has 2 aromatic heterocycles. The molecule has 3 aromatic carbocycles. The van der Waals surface area contributed by atoms with E-state index in [0.29, 0.717) is 0 Å². The predicted molar refractivity (Wildman–Crippen MR) is 151 cm³/mol. The zero-order valence-electron chi connectivity index (χ0n) is 21.0. The first-order valence-corrected chi connectivity index (χ1v) is 13.0. The van der Waals surface area contributed by atoms with Crippen LogP contribution in [0.25, 0.3) is 27.8 Å². The number of thioether (sulfide) groups is 1. The highest BCUT2D eigenvalue weighted by Gasteiger charge is 2.12. The Bertz CT molecular complexity index is 1590. The third-order valence-corrected chi connectivity index (χ3v) is 7.03. The second kappa shape index (κ2) is 10.8. The van der Waals surface area contributed by atoms with Crippen molar-refractivity contribution in [2.45, 2.75) is 25.7 Å². The van der Waals surface area contributed by atoms with Gasteiger partial charge in [-0.25, -0.2) is 10.1 Å². The third kappa shape index (κ3) is 5.62. The Morgan fingerprint density at radius 3 is 2.57 bits per heavy atom. The van der Waals surface area contributed by atoms with Gasteiger partial charge >= 0.3 is 0 Å². The fourth-order valence-electron chi connectivity index (χ4n) is 4.08. The number of rotatable bonds is 7. The average molecular weight is 506 g/mol. The van der Waals surface area contributed by atoms with E-state index in [0.717, 1.165) is 49.6 Å². The van der Waals surface area contributed by atoms with Gasteiger partial charge in [0.1, 0.15) is 5.69 Å². The van der Waals surface area contributed by atoms with Gasteiger partial charge in [-0.05, 0) is 44.5 Å². The molecule has 0 radical (unpaired) electrons. The highest BCUT2D eigenvalue weighted by atomic mass is 32.2. The molecule has 7 heteroatoms. The quantitative estimate of drug-likeness (QED) is 0.161. The number of aromatic nitrogens is 3. The molecule has 0 fully saturated rings. The Hall–Kier alpha value is -4.23. The van der Waals surface area contributed by atoms with Crippen LogP contribution in [0, 0.1) is 20.8 Å². The number of amides is 1. The predicted octanol–water partition coefficient (Wildman–Crippen LogP) is 6.26. The maximum atomic E-state index is 12.6. The van der Waals surface area contributed by atoms with Crippen LogP contribution in [0.4, 0.5) is 0 Å². The van der Waals surface area contributed by atoms with Crippen molar-refractivity contribution in [2.75, 3.05) is 5.75 Å². The largest absolute Gasteiger partial charge is 0.272 e. The van der Waals surface area contributed by atoms with Gasteiger partial charge in [0.25, 0.3) is 0 Å². The minimum Gasteiger partial charge on any atom is -0.272 e. The standard InChI is InChI=1S/C30H27N5OS/c1-20-12-14-23(15-13-20)30-24(18-35(34-30)25-9-5-4-6-10-25)17-31-33-28(36)19-37-27-16-22(3)32-29-21(2)8-7-11-26(27)29/h4-18H,19H2,1-3H3,(H,33,36)/b31-17-. The Labute approximate surface area is 220 Å². The van der Waals surface area contributed by atoms with E-state index in [2.05, 4.69) is 47.6 Å². The van der Waals surface area contributed by atoms with Crippen LogP contribution in [0.1, 0.15) is 22.4 Å². The van der Waals surface area contributed by atoms with E-state index in [4.69, 9.17) is 5.10 Å². The summed E-state index contributed by atoms with van der Waals surface area (Å²) in [6.07, 6.45) is 3.57. The number of nitrogens with zero attached hydrogens (tertiary/aromatic N) is 4. The lowest BCUT2D eigenvalue weighted by Gasteiger charge is -2.09. The monoisotopic (exact) mass is 505 g/mol. The molecule has 0 aliphatic rings. The van der Waals surface area contributed by atoms with E-state index in [-0.39, 0.29) is 11.7 Å². The Morgan fingerprint density at radius 2 is 1.78 bits per heavy atom. The lowest BCUT2D eigenvalue weighted by Crippen LogP contribution is -2.19. The number of hydrogen-bond acceptors (Lipinski definition) is 5. The van der Waals surface area contributed by atoms with E-state index in [1.54, 1.807) is 6.21 Å². The molecule has 2 heterocycles. The molecular weight excluding hydrogens is 478 g/mol. The topological polar surface area (TPSA) is 72.2 Å². The summed E-state index contributed by atoms with van der Waals surface area (Å²) in [5, 5.41) is 10.1. The molecule has 0 saturated carbocycles. The number of para-hydroxylation sites is 2. The van der Waals surface area contributed by atoms with Crippen LogP contribution in [0.15, 0.2) is 95.1 Å². The summed E-state index contributed by atoms with van der Waals surface area (Å²) in [5.41, 5.74) is 10.4. The number of pyridine rings is 1. The van der Waals surface area contributed by atoms with Crippen molar-refractivity contribution in [1.82, 2.24) is 20.2 Å². The lowest BCUT2D eigenvalue weighted by atomic mass is 10.1. The first kappa shape index (κ1) is 24.5. The van der Waals surface area contributed by atoms with Gasteiger partial charge in [-0.15, -0.1) is 11.8 Å². The number of aryl methyl sites for hydroxylation is 3. The zero-order valence-corrected chi connectivity index (χ0v) is 21.8. The molecule has 1 N–H and O–H groups in total. The minimum atomic E-state index is -0.177.